The average Bonchev–Trinajstić information content (AvgIpc) is 2.19. The van der Waals surface area contributed by atoms with E-state index >= 15 is 0 Å². The van der Waals surface area contributed by atoms with Gasteiger partial charge in [-0.3, -0.25) is 4.79 Å². The average molecular weight is 235 g/mol. The Morgan fingerprint density at radius 3 is 2.50 bits per heavy atom. The summed E-state index contributed by atoms with van der Waals surface area (Å²) < 4.78 is 0. The van der Waals surface area contributed by atoms with Gasteiger partial charge in [-0.05, 0) is 24.8 Å². The zero-order valence-corrected chi connectivity index (χ0v) is 9.78. The van der Waals surface area contributed by atoms with Crippen LogP contribution in [0.5, 0.6) is 0 Å². The van der Waals surface area contributed by atoms with E-state index in [0.29, 0.717) is 18.2 Å². The Balaban J connectivity index is 2.44. The molecular weight excluding hydrogens is 219 g/mol. The molecule has 0 unspecified atom stereocenters. The Kier molecular flexibility index (Phi) is 5.57. The van der Waals surface area contributed by atoms with Crippen LogP contribution in [0.2, 0.25) is 0 Å². The third kappa shape index (κ3) is 4.02. The third-order valence-corrected chi connectivity index (χ3v) is 3.24. The first-order chi connectivity index (χ1) is 6.74. The first kappa shape index (κ1) is 12.1. The Labute approximate surface area is 95.5 Å². The zero-order valence-electron chi connectivity index (χ0n) is 8.27. The summed E-state index contributed by atoms with van der Waals surface area (Å²) in [5.41, 5.74) is 0. The lowest BCUT2D eigenvalue weighted by Crippen LogP contribution is -2.07. The maximum absolute atomic E-state index is 11.3. The first-order valence-electron chi connectivity index (χ1n) is 5.20. The monoisotopic (exact) mass is 234 g/mol. The van der Waals surface area contributed by atoms with Crippen LogP contribution in [0.4, 0.5) is 0 Å². The second-order valence-corrected chi connectivity index (χ2v) is 4.58. The molecule has 0 radical (unpaired) electrons. The predicted octanol–water partition coefficient (Wildman–Crippen LogP) is 3.89. The zero-order chi connectivity index (χ0) is 10.4. The van der Waals surface area contributed by atoms with E-state index in [1.165, 1.54) is 19.3 Å². The molecule has 0 aromatic rings. The molecule has 3 heteroatoms. The highest BCUT2D eigenvalue weighted by Gasteiger charge is 2.16. The van der Waals surface area contributed by atoms with Crippen LogP contribution in [0.25, 0.3) is 0 Å². The molecule has 14 heavy (non-hydrogen) atoms. The van der Waals surface area contributed by atoms with Crippen LogP contribution in [0, 0.1) is 5.92 Å². The number of hydrogen-bond acceptors (Lipinski definition) is 1. The van der Waals surface area contributed by atoms with Gasteiger partial charge in [-0.15, -0.1) is 11.6 Å². The molecule has 0 N–H and O–H groups in total. The highest BCUT2D eigenvalue weighted by molar-refractivity contribution is 6.31. The van der Waals surface area contributed by atoms with Crippen LogP contribution in [-0.4, -0.2) is 11.7 Å². The normalized spacial score (nSPS) is 19.7. The lowest BCUT2D eigenvalue weighted by atomic mass is 9.88. The van der Waals surface area contributed by atoms with Gasteiger partial charge in [0.2, 0.25) is 0 Å². The molecule has 0 bridgehead atoms. The maximum Gasteiger partial charge on any atom is 0.158 e. The number of carbonyl (C=O) groups is 1. The van der Waals surface area contributed by atoms with E-state index in [2.05, 4.69) is 0 Å². The smallest absolute Gasteiger partial charge is 0.158 e. The number of ketones is 1. The van der Waals surface area contributed by atoms with Crippen molar-refractivity contribution in [2.45, 2.75) is 38.5 Å². The Morgan fingerprint density at radius 1 is 1.29 bits per heavy atom. The van der Waals surface area contributed by atoms with Crippen LogP contribution in [0.15, 0.2) is 11.1 Å². The van der Waals surface area contributed by atoms with Gasteiger partial charge in [-0.2, -0.15) is 0 Å². The topological polar surface area (TPSA) is 17.1 Å². The fourth-order valence-corrected chi connectivity index (χ4v) is 2.34. The molecule has 0 heterocycles. The quantitative estimate of drug-likeness (QED) is 0.533. The molecule has 1 fully saturated rings. The van der Waals surface area contributed by atoms with Crippen LogP contribution in [0.3, 0.4) is 0 Å². The Hall–Kier alpha value is -0.0100. The molecule has 0 amide bonds. The largest absolute Gasteiger partial charge is 0.295 e. The molecule has 0 aliphatic heterocycles. The molecule has 1 saturated carbocycles. The molecule has 0 aromatic heterocycles. The van der Waals surface area contributed by atoms with Crippen molar-refractivity contribution in [3.63, 3.8) is 0 Å². The summed E-state index contributed by atoms with van der Waals surface area (Å²) in [7, 11) is 0. The van der Waals surface area contributed by atoms with Crippen LogP contribution in [0.1, 0.15) is 38.5 Å². The fraction of sp³-hybridized carbons (Fsp3) is 0.727. The molecule has 0 atom stereocenters. The van der Waals surface area contributed by atoms with Gasteiger partial charge in [0, 0.05) is 17.3 Å². The first-order valence-corrected chi connectivity index (χ1v) is 6.11. The van der Waals surface area contributed by atoms with Crippen molar-refractivity contribution in [1.82, 2.24) is 0 Å². The van der Waals surface area contributed by atoms with Gasteiger partial charge in [-0.25, -0.2) is 0 Å². The van der Waals surface area contributed by atoms with Crippen LogP contribution in [-0.2, 0) is 4.79 Å². The van der Waals surface area contributed by atoms with Crippen molar-refractivity contribution in [3.05, 3.63) is 11.1 Å². The van der Waals surface area contributed by atoms with Gasteiger partial charge in [0.05, 0.1) is 0 Å². The summed E-state index contributed by atoms with van der Waals surface area (Å²) in [5, 5.41) is 0.736. The Morgan fingerprint density at radius 2 is 1.93 bits per heavy atom. The van der Waals surface area contributed by atoms with E-state index in [0.717, 1.165) is 17.9 Å². The van der Waals surface area contributed by atoms with E-state index < -0.39 is 0 Å². The standard InChI is InChI=1S/C11H16Cl2O/c12-7-6-10(14)8-11(13)9-4-2-1-3-5-9/h8-9H,1-7H2/b11-8-. The maximum atomic E-state index is 11.3. The molecule has 1 nitrogen and oxygen atoms in total. The number of allylic oxidation sites excluding steroid dienone is 2. The van der Waals surface area contributed by atoms with Crippen molar-refractivity contribution >= 4 is 29.0 Å². The Bertz CT molecular complexity index is 217. The number of rotatable bonds is 4. The predicted molar refractivity (Wildman–Crippen MR) is 60.9 cm³/mol. The summed E-state index contributed by atoms with van der Waals surface area (Å²) in [4.78, 5) is 11.3. The number of halogens is 2. The molecule has 1 rings (SSSR count). The van der Waals surface area contributed by atoms with Crippen LogP contribution < -0.4 is 0 Å². The van der Waals surface area contributed by atoms with Crippen molar-refractivity contribution in [2.24, 2.45) is 5.92 Å². The number of carbonyl (C=O) groups excluding carboxylic acids is 1. The van der Waals surface area contributed by atoms with Gasteiger partial charge in [0.1, 0.15) is 0 Å². The van der Waals surface area contributed by atoms with E-state index in [-0.39, 0.29) is 5.78 Å². The van der Waals surface area contributed by atoms with Crippen LogP contribution >= 0.6 is 23.2 Å². The molecule has 0 aromatic carbocycles. The summed E-state index contributed by atoms with van der Waals surface area (Å²) in [6.07, 6.45) is 7.99. The summed E-state index contributed by atoms with van der Waals surface area (Å²) in [6.45, 7) is 0. The molecule has 1 aliphatic carbocycles. The minimum Gasteiger partial charge on any atom is -0.295 e. The highest BCUT2D eigenvalue weighted by atomic mass is 35.5. The second-order valence-electron chi connectivity index (χ2n) is 3.77. The van der Waals surface area contributed by atoms with E-state index in [4.69, 9.17) is 23.2 Å². The molecule has 80 valence electrons. The van der Waals surface area contributed by atoms with Crippen molar-refractivity contribution in [2.75, 3.05) is 5.88 Å². The van der Waals surface area contributed by atoms with Gasteiger partial charge in [0.25, 0.3) is 0 Å². The van der Waals surface area contributed by atoms with E-state index in [9.17, 15) is 4.79 Å². The minimum absolute atomic E-state index is 0.0515. The number of alkyl halides is 1. The van der Waals surface area contributed by atoms with Crippen molar-refractivity contribution < 1.29 is 4.79 Å². The molecule has 1 aliphatic rings. The van der Waals surface area contributed by atoms with E-state index in [1.807, 2.05) is 0 Å². The van der Waals surface area contributed by atoms with E-state index in [1.54, 1.807) is 6.08 Å². The fourth-order valence-electron chi connectivity index (χ4n) is 1.82. The highest BCUT2D eigenvalue weighted by Crippen LogP contribution is 2.31. The SMILES string of the molecule is O=C(/C=C(\Cl)C1CCCCC1)CCCl. The molecule has 0 saturated heterocycles. The van der Waals surface area contributed by atoms with Crippen molar-refractivity contribution in [3.8, 4) is 0 Å². The van der Waals surface area contributed by atoms with Gasteiger partial charge < -0.3 is 0 Å². The summed E-state index contributed by atoms with van der Waals surface area (Å²) in [5.74, 6) is 0.852. The molecule has 0 spiro atoms. The summed E-state index contributed by atoms with van der Waals surface area (Å²) >= 11 is 11.6. The minimum atomic E-state index is 0.0515. The summed E-state index contributed by atoms with van der Waals surface area (Å²) in [6, 6.07) is 0. The lowest BCUT2D eigenvalue weighted by Gasteiger charge is -2.20. The lowest BCUT2D eigenvalue weighted by molar-refractivity contribution is -0.114. The van der Waals surface area contributed by atoms with Gasteiger partial charge >= 0.3 is 0 Å². The number of hydrogen-bond donors (Lipinski definition) is 0. The van der Waals surface area contributed by atoms with Crippen molar-refractivity contribution in [1.29, 1.82) is 0 Å². The van der Waals surface area contributed by atoms with Gasteiger partial charge in [-0.1, -0.05) is 30.9 Å². The molecular formula is C11H16Cl2O. The second kappa shape index (κ2) is 6.47. The third-order valence-electron chi connectivity index (χ3n) is 2.63. The van der Waals surface area contributed by atoms with Gasteiger partial charge in [0.15, 0.2) is 5.78 Å².